The first-order valence-electron chi connectivity index (χ1n) is 9.77. The number of unbranched alkanes of at least 4 members (excludes halogenated alkanes) is 3. The highest BCUT2D eigenvalue weighted by Gasteiger charge is 2.15. The van der Waals surface area contributed by atoms with Crippen molar-refractivity contribution in [3.05, 3.63) is 65.5 Å². The molecule has 0 aliphatic rings. The maximum atomic E-state index is 13.2. The zero-order valence-electron chi connectivity index (χ0n) is 16.9. The van der Waals surface area contributed by atoms with Crippen molar-refractivity contribution < 1.29 is 21.8 Å². The van der Waals surface area contributed by atoms with Crippen LogP contribution in [0.25, 0.3) is 0 Å². The van der Waals surface area contributed by atoms with E-state index in [2.05, 4.69) is 6.92 Å². The van der Waals surface area contributed by atoms with Gasteiger partial charge in [0, 0.05) is 19.5 Å². The predicted molar refractivity (Wildman–Crippen MR) is 111 cm³/mol. The fraction of sp³-hybridized carbons (Fsp3) is 0.409. The third kappa shape index (κ3) is 8.64. The van der Waals surface area contributed by atoms with Crippen LogP contribution in [0, 0.1) is 5.82 Å². The Hall–Kier alpha value is -2.41. The van der Waals surface area contributed by atoms with Crippen LogP contribution in [0.4, 0.5) is 4.39 Å². The highest BCUT2D eigenvalue weighted by molar-refractivity contribution is 7.86. The molecule has 0 saturated heterocycles. The van der Waals surface area contributed by atoms with Crippen molar-refractivity contribution in [2.24, 2.45) is 0 Å². The molecule has 0 radical (unpaired) electrons. The zero-order valence-corrected chi connectivity index (χ0v) is 17.8. The number of hydrogen-bond acceptors (Lipinski definition) is 4. The molecule has 0 aromatic heterocycles. The molecule has 0 N–H and O–H groups in total. The van der Waals surface area contributed by atoms with E-state index in [0.29, 0.717) is 19.5 Å². The maximum Gasteiger partial charge on any atom is 0.306 e. The van der Waals surface area contributed by atoms with Gasteiger partial charge in [-0.25, -0.2) is 4.39 Å². The van der Waals surface area contributed by atoms with E-state index in [1.54, 1.807) is 41.3 Å². The second kappa shape index (κ2) is 11.0. The Morgan fingerprint density at radius 2 is 1.48 bits per heavy atom. The maximum absolute atomic E-state index is 13.2. The summed E-state index contributed by atoms with van der Waals surface area (Å²) in [6, 6.07) is 12.7. The molecule has 0 saturated carbocycles. The summed E-state index contributed by atoms with van der Waals surface area (Å²) < 4.78 is 40.5. The minimum Gasteiger partial charge on any atom is -0.383 e. The van der Waals surface area contributed by atoms with Crippen molar-refractivity contribution in [3.63, 3.8) is 0 Å². The van der Waals surface area contributed by atoms with Gasteiger partial charge in [-0.3, -0.25) is 4.79 Å². The number of rotatable bonds is 11. The van der Waals surface area contributed by atoms with E-state index in [9.17, 15) is 17.6 Å². The molecule has 0 aliphatic heterocycles. The smallest absolute Gasteiger partial charge is 0.306 e. The number of halogens is 1. The Bertz CT molecular complexity index is 880. The summed E-state index contributed by atoms with van der Waals surface area (Å²) >= 11 is 0. The normalized spacial score (nSPS) is 11.3. The van der Waals surface area contributed by atoms with E-state index < -0.39 is 10.1 Å². The first-order chi connectivity index (χ1) is 13.8. The summed E-state index contributed by atoms with van der Waals surface area (Å²) in [5, 5.41) is 0. The van der Waals surface area contributed by atoms with E-state index in [-0.39, 0.29) is 17.5 Å². The van der Waals surface area contributed by atoms with Gasteiger partial charge in [0.05, 0.1) is 6.26 Å². The lowest BCUT2D eigenvalue weighted by Gasteiger charge is -2.23. The summed E-state index contributed by atoms with van der Waals surface area (Å²) in [7, 11) is -3.58. The molecule has 0 spiro atoms. The number of carbonyl (C=O) groups is 1. The molecular formula is C22H28FNO4S. The summed E-state index contributed by atoms with van der Waals surface area (Å²) in [5.41, 5.74) is 1.71. The molecule has 1 amide bonds. The lowest BCUT2D eigenvalue weighted by Crippen LogP contribution is -2.30. The van der Waals surface area contributed by atoms with Crippen molar-refractivity contribution in [1.29, 1.82) is 0 Å². The van der Waals surface area contributed by atoms with Crippen molar-refractivity contribution in [2.75, 3.05) is 6.26 Å². The molecule has 0 fully saturated rings. The molecule has 29 heavy (non-hydrogen) atoms. The van der Waals surface area contributed by atoms with Crippen LogP contribution in [0.1, 0.15) is 50.2 Å². The van der Waals surface area contributed by atoms with Gasteiger partial charge in [-0.1, -0.05) is 50.5 Å². The molecule has 2 rings (SSSR count). The van der Waals surface area contributed by atoms with Gasteiger partial charge < -0.3 is 9.08 Å². The molecule has 7 heteroatoms. The van der Waals surface area contributed by atoms with E-state index in [1.807, 2.05) is 0 Å². The molecule has 0 heterocycles. The molecule has 158 valence electrons. The zero-order chi connectivity index (χ0) is 21.3. The van der Waals surface area contributed by atoms with Gasteiger partial charge >= 0.3 is 10.1 Å². The minimum absolute atomic E-state index is 0.0434. The van der Waals surface area contributed by atoms with Crippen molar-refractivity contribution >= 4 is 16.0 Å². The lowest BCUT2D eigenvalue weighted by molar-refractivity contribution is -0.132. The van der Waals surface area contributed by atoms with E-state index in [4.69, 9.17) is 4.18 Å². The van der Waals surface area contributed by atoms with E-state index in [0.717, 1.165) is 43.1 Å². The Balaban J connectivity index is 2.09. The number of benzene rings is 2. The van der Waals surface area contributed by atoms with Crippen LogP contribution < -0.4 is 4.18 Å². The van der Waals surface area contributed by atoms with Gasteiger partial charge in [0.1, 0.15) is 11.6 Å². The van der Waals surface area contributed by atoms with Crippen molar-refractivity contribution in [2.45, 2.75) is 52.1 Å². The fourth-order valence-corrected chi connectivity index (χ4v) is 3.41. The highest BCUT2D eigenvalue weighted by Crippen LogP contribution is 2.18. The minimum atomic E-state index is -3.58. The Morgan fingerprint density at radius 3 is 2.00 bits per heavy atom. The van der Waals surface area contributed by atoms with Gasteiger partial charge in [0.15, 0.2) is 0 Å². The van der Waals surface area contributed by atoms with Crippen molar-refractivity contribution in [1.82, 2.24) is 4.90 Å². The summed E-state index contributed by atoms with van der Waals surface area (Å²) in [4.78, 5) is 14.5. The standard InChI is InChI=1S/C22H28FNO4S/c1-3-4-5-6-7-22(25)24(16-18-8-12-20(23)13-9-18)17-19-10-14-21(15-11-19)28-29(2,26)27/h8-15H,3-7,16-17H2,1-2H3. The molecule has 2 aromatic carbocycles. The number of nitrogens with zero attached hydrogens (tertiary/aromatic N) is 1. The third-order valence-corrected chi connectivity index (χ3v) is 4.92. The van der Waals surface area contributed by atoms with Crippen LogP contribution in [-0.4, -0.2) is 25.5 Å². The molecular weight excluding hydrogens is 393 g/mol. The largest absolute Gasteiger partial charge is 0.383 e. The van der Waals surface area contributed by atoms with Crippen LogP contribution in [0.5, 0.6) is 5.75 Å². The summed E-state index contributed by atoms with van der Waals surface area (Å²) in [6.07, 6.45) is 5.53. The highest BCUT2D eigenvalue weighted by atomic mass is 32.2. The molecule has 5 nitrogen and oxygen atoms in total. The second-order valence-corrected chi connectivity index (χ2v) is 8.69. The Labute approximate surface area is 172 Å². The van der Waals surface area contributed by atoms with Crippen molar-refractivity contribution in [3.8, 4) is 5.75 Å². The second-order valence-electron chi connectivity index (χ2n) is 7.12. The van der Waals surface area contributed by atoms with Crippen LogP contribution >= 0.6 is 0 Å². The molecule has 0 unspecified atom stereocenters. The summed E-state index contributed by atoms with van der Waals surface area (Å²) in [6.45, 7) is 2.89. The summed E-state index contributed by atoms with van der Waals surface area (Å²) in [5.74, 6) is -0.0400. The third-order valence-electron chi connectivity index (χ3n) is 4.43. The topological polar surface area (TPSA) is 63.7 Å². The monoisotopic (exact) mass is 421 g/mol. The molecule has 0 bridgehead atoms. The first-order valence-corrected chi connectivity index (χ1v) is 11.6. The molecule has 0 aliphatic carbocycles. The van der Waals surface area contributed by atoms with Crippen LogP contribution in [0.2, 0.25) is 0 Å². The van der Waals surface area contributed by atoms with Crippen LogP contribution in [0.15, 0.2) is 48.5 Å². The van der Waals surface area contributed by atoms with Gasteiger partial charge in [-0.15, -0.1) is 0 Å². The Morgan fingerprint density at radius 1 is 0.931 bits per heavy atom. The Kier molecular flexibility index (Phi) is 8.64. The van der Waals surface area contributed by atoms with Crippen LogP contribution in [-0.2, 0) is 28.0 Å². The number of amides is 1. The SMILES string of the molecule is CCCCCCC(=O)N(Cc1ccc(F)cc1)Cc1ccc(OS(C)(=O)=O)cc1. The molecule has 0 atom stereocenters. The predicted octanol–water partition coefficient (Wildman–Crippen LogP) is 4.66. The fourth-order valence-electron chi connectivity index (χ4n) is 2.95. The van der Waals surface area contributed by atoms with Gasteiger partial charge in [0.25, 0.3) is 0 Å². The van der Waals surface area contributed by atoms with Gasteiger partial charge in [0.2, 0.25) is 5.91 Å². The van der Waals surface area contributed by atoms with Gasteiger partial charge in [-0.2, -0.15) is 8.42 Å². The number of carbonyl (C=O) groups excluding carboxylic acids is 1. The average molecular weight is 422 g/mol. The van der Waals surface area contributed by atoms with Gasteiger partial charge in [-0.05, 0) is 41.8 Å². The van der Waals surface area contributed by atoms with E-state index in [1.165, 1.54) is 12.1 Å². The van der Waals surface area contributed by atoms with E-state index >= 15 is 0 Å². The first kappa shape index (κ1) is 22.9. The average Bonchev–Trinajstić information content (AvgIpc) is 2.66. The lowest BCUT2D eigenvalue weighted by atomic mass is 10.1. The number of hydrogen-bond donors (Lipinski definition) is 0. The quantitative estimate of drug-likeness (QED) is 0.391. The molecule has 2 aromatic rings. The van der Waals surface area contributed by atoms with Crippen LogP contribution in [0.3, 0.4) is 0 Å².